The zero-order chi connectivity index (χ0) is 13.4. The largest absolute Gasteiger partial charge is 0.377 e. The molecule has 1 saturated carbocycles. The van der Waals surface area contributed by atoms with Crippen LogP contribution in [-0.2, 0) is 4.74 Å². The zero-order valence-corrected chi connectivity index (χ0v) is 12.9. The number of methoxy groups -OCH3 is 1. The van der Waals surface area contributed by atoms with Crippen molar-refractivity contribution in [1.82, 2.24) is 5.32 Å². The lowest BCUT2D eigenvalue weighted by molar-refractivity contribution is -0.0536. The Bertz CT molecular complexity index is 207. The van der Waals surface area contributed by atoms with E-state index in [1.807, 2.05) is 7.11 Å². The summed E-state index contributed by atoms with van der Waals surface area (Å²) in [7, 11) is 4.02. The lowest BCUT2D eigenvalue weighted by Gasteiger charge is -2.39. The molecule has 18 heavy (non-hydrogen) atoms. The molecular formula is C16H33NO. The predicted octanol–water partition coefficient (Wildman–Crippen LogP) is 4.14. The lowest BCUT2D eigenvalue weighted by atomic mass is 9.83. The topological polar surface area (TPSA) is 21.3 Å². The molecule has 0 bridgehead atoms. The summed E-state index contributed by atoms with van der Waals surface area (Å²) in [5.41, 5.74) is 0.0994. The van der Waals surface area contributed by atoms with Crippen LogP contribution in [0.4, 0.5) is 0 Å². The smallest absolute Gasteiger partial charge is 0.0830 e. The highest BCUT2D eigenvalue weighted by Gasteiger charge is 2.37. The average molecular weight is 255 g/mol. The van der Waals surface area contributed by atoms with Crippen molar-refractivity contribution >= 4 is 0 Å². The van der Waals surface area contributed by atoms with Gasteiger partial charge < -0.3 is 10.1 Å². The Morgan fingerprint density at radius 1 is 1.06 bits per heavy atom. The normalized spacial score (nSPS) is 21.8. The van der Waals surface area contributed by atoms with Gasteiger partial charge in [0.15, 0.2) is 0 Å². The van der Waals surface area contributed by atoms with Gasteiger partial charge in [0.2, 0.25) is 0 Å². The Labute approximate surface area is 114 Å². The molecule has 1 unspecified atom stereocenters. The van der Waals surface area contributed by atoms with Crippen molar-refractivity contribution in [2.45, 2.75) is 83.3 Å². The molecule has 1 aliphatic carbocycles. The van der Waals surface area contributed by atoms with E-state index >= 15 is 0 Å². The van der Waals surface area contributed by atoms with E-state index in [1.54, 1.807) is 0 Å². The molecule has 1 N–H and O–H groups in total. The Balaban J connectivity index is 2.57. The van der Waals surface area contributed by atoms with E-state index in [-0.39, 0.29) is 5.60 Å². The Morgan fingerprint density at radius 3 is 2.11 bits per heavy atom. The molecule has 0 aromatic rings. The van der Waals surface area contributed by atoms with Crippen LogP contribution in [0.2, 0.25) is 0 Å². The average Bonchev–Trinajstić information content (AvgIpc) is 2.60. The van der Waals surface area contributed by atoms with Crippen LogP contribution in [0.1, 0.15) is 71.6 Å². The fraction of sp³-hybridized carbons (Fsp3) is 1.00. The molecule has 0 aliphatic heterocycles. The van der Waals surface area contributed by atoms with Crippen molar-refractivity contribution in [3.63, 3.8) is 0 Å². The van der Waals surface area contributed by atoms with Crippen LogP contribution in [0.25, 0.3) is 0 Å². The van der Waals surface area contributed by atoms with Gasteiger partial charge in [-0.15, -0.1) is 0 Å². The summed E-state index contributed by atoms with van der Waals surface area (Å²) in [4.78, 5) is 0. The molecule has 0 heterocycles. The molecule has 1 aliphatic rings. The second-order valence-electron chi connectivity index (χ2n) is 6.35. The van der Waals surface area contributed by atoms with Gasteiger partial charge in [0.1, 0.15) is 0 Å². The highest BCUT2D eigenvalue weighted by atomic mass is 16.5. The van der Waals surface area contributed by atoms with Gasteiger partial charge in [0, 0.05) is 13.2 Å². The van der Waals surface area contributed by atoms with Crippen LogP contribution >= 0.6 is 0 Å². The SMILES string of the molecule is CNC(CCCC(C)C)C1(OC)CCCCCC1. The van der Waals surface area contributed by atoms with Crippen LogP contribution < -0.4 is 5.32 Å². The fourth-order valence-electron chi connectivity index (χ4n) is 3.42. The first-order valence-corrected chi connectivity index (χ1v) is 7.87. The Morgan fingerprint density at radius 2 is 1.67 bits per heavy atom. The summed E-state index contributed by atoms with van der Waals surface area (Å²) < 4.78 is 6.01. The van der Waals surface area contributed by atoms with Crippen molar-refractivity contribution in [3.05, 3.63) is 0 Å². The third-order valence-corrected chi connectivity index (χ3v) is 4.61. The van der Waals surface area contributed by atoms with Crippen LogP contribution in [0.5, 0.6) is 0 Å². The van der Waals surface area contributed by atoms with Crippen molar-refractivity contribution in [1.29, 1.82) is 0 Å². The minimum atomic E-state index is 0.0994. The van der Waals surface area contributed by atoms with Gasteiger partial charge in [0.25, 0.3) is 0 Å². The second-order valence-corrected chi connectivity index (χ2v) is 6.35. The first-order valence-electron chi connectivity index (χ1n) is 7.87. The standard InChI is InChI=1S/C16H33NO/c1-14(2)10-9-11-15(17-3)16(18-4)12-7-5-6-8-13-16/h14-15,17H,5-13H2,1-4H3. The second kappa shape index (κ2) is 8.16. The quantitative estimate of drug-likeness (QED) is 0.690. The first kappa shape index (κ1) is 16.0. The molecule has 0 radical (unpaired) electrons. The predicted molar refractivity (Wildman–Crippen MR) is 79.0 cm³/mol. The van der Waals surface area contributed by atoms with Gasteiger partial charge >= 0.3 is 0 Å². The van der Waals surface area contributed by atoms with E-state index in [4.69, 9.17) is 4.74 Å². The Hall–Kier alpha value is -0.0800. The van der Waals surface area contributed by atoms with E-state index in [9.17, 15) is 0 Å². The molecule has 1 rings (SSSR count). The summed E-state index contributed by atoms with van der Waals surface area (Å²) in [5.74, 6) is 0.815. The lowest BCUT2D eigenvalue weighted by Crippen LogP contribution is -2.50. The van der Waals surface area contributed by atoms with Crippen LogP contribution in [0, 0.1) is 5.92 Å². The number of nitrogens with one attached hydrogen (secondary N) is 1. The minimum Gasteiger partial charge on any atom is -0.377 e. The maximum atomic E-state index is 6.01. The number of hydrogen-bond acceptors (Lipinski definition) is 2. The van der Waals surface area contributed by atoms with Crippen LogP contribution in [-0.4, -0.2) is 25.8 Å². The van der Waals surface area contributed by atoms with Gasteiger partial charge in [-0.25, -0.2) is 0 Å². The van der Waals surface area contributed by atoms with Gasteiger partial charge in [-0.2, -0.15) is 0 Å². The summed E-state index contributed by atoms with van der Waals surface area (Å²) in [5, 5.41) is 3.54. The van der Waals surface area contributed by atoms with Gasteiger partial charge in [-0.3, -0.25) is 0 Å². The monoisotopic (exact) mass is 255 g/mol. The summed E-state index contributed by atoms with van der Waals surface area (Å²) in [6.45, 7) is 4.62. The first-order chi connectivity index (χ1) is 8.64. The molecule has 108 valence electrons. The highest BCUT2D eigenvalue weighted by Crippen LogP contribution is 2.34. The van der Waals surface area contributed by atoms with E-state index in [0.29, 0.717) is 6.04 Å². The third kappa shape index (κ3) is 4.55. The maximum Gasteiger partial charge on any atom is 0.0830 e. The molecular weight excluding hydrogens is 222 g/mol. The molecule has 0 saturated heterocycles. The molecule has 1 atom stereocenters. The van der Waals surface area contributed by atoms with Crippen LogP contribution in [0.15, 0.2) is 0 Å². The molecule has 0 aromatic carbocycles. The molecule has 2 heteroatoms. The highest BCUT2D eigenvalue weighted by molar-refractivity contribution is 4.93. The van der Waals surface area contributed by atoms with Crippen molar-refractivity contribution < 1.29 is 4.74 Å². The number of hydrogen-bond donors (Lipinski definition) is 1. The summed E-state index contributed by atoms with van der Waals surface area (Å²) in [6.07, 6.45) is 11.8. The molecule has 0 aromatic heterocycles. The molecule has 0 amide bonds. The minimum absolute atomic E-state index is 0.0994. The number of likely N-dealkylation sites (N-methyl/N-ethyl adjacent to an activating group) is 1. The van der Waals surface area contributed by atoms with Crippen molar-refractivity contribution in [2.75, 3.05) is 14.2 Å². The maximum absolute atomic E-state index is 6.01. The van der Waals surface area contributed by atoms with E-state index in [0.717, 1.165) is 5.92 Å². The van der Waals surface area contributed by atoms with Crippen molar-refractivity contribution in [2.24, 2.45) is 5.92 Å². The van der Waals surface area contributed by atoms with Gasteiger partial charge in [-0.05, 0) is 32.2 Å². The summed E-state index contributed by atoms with van der Waals surface area (Å²) in [6, 6.07) is 0.527. The van der Waals surface area contributed by atoms with Crippen molar-refractivity contribution in [3.8, 4) is 0 Å². The molecule has 1 fully saturated rings. The van der Waals surface area contributed by atoms with E-state index in [1.165, 1.54) is 57.8 Å². The molecule has 2 nitrogen and oxygen atoms in total. The summed E-state index contributed by atoms with van der Waals surface area (Å²) >= 11 is 0. The van der Waals surface area contributed by atoms with E-state index in [2.05, 4.69) is 26.2 Å². The van der Waals surface area contributed by atoms with Gasteiger partial charge in [0.05, 0.1) is 5.60 Å². The molecule has 0 spiro atoms. The number of ether oxygens (including phenoxy) is 1. The van der Waals surface area contributed by atoms with E-state index < -0.39 is 0 Å². The van der Waals surface area contributed by atoms with Gasteiger partial charge in [-0.1, -0.05) is 52.4 Å². The Kier molecular flexibility index (Phi) is 7.25. The fourth-order valence-corrected chi connectivity index (χ4v) is 3.42. The van der Waals surface area contributed by atoms with Crippen LogP contribution in [0.3, 0.4) is 0 Å². The number of rotatable bonds is 7. The third-order valence-electron chi connectivity index (χ3n) is 4.61. The zero-order valence-electron chi connectivity index (χ0n) is 12.9.